The van der Waals surface area contributed by atoms with Gasteiger partial charge in [-0.1, -0.05) is 18.2 Å². The van der Waals surface area contributed by atoms with Crippen molar-refractivity contribution in [1.29, 1.82) is 0 Å². The van der Waals surface area contributed by atoms with Crippen molar-refractivity contribution >= 4 is 22.9 Å². The minimum absolute atomic E-state index is 0.105. The molecule has 0 radical (unpaired) electrons. The van der Waals surface area contributed by atoms with Gasteiger partial charge in [0.05, 0.1) is 19.8 Å². The maximum absolute atomic E-state index is 14.7. The summed E-state index contributed by atoms with van der Waals surface area (Å²) in [6.45, 7) is 0.614. The van der Waals surface area contributed by atoms with Crippen LogP contribution in [-0.4, -0.2) is 42.8 Å². The number of hydrogen-bond acceptors (Lipinski definition) is 6. The smallest absolute Gasteiger partial charge is 0.250 e. The van der Waals surface area contributed by atoms with E-state index in [4.69, 9.17) is 14.6 Å². The Labute approximate surface area is 202 Å². The number of aliphatic hydroxyl groups is 1. The summed E-state index contributed by atoms with van der Waals surface area (Å²) in [6.07, 6.45) is 2.55. The molecule has 1 aromatic heterocycles. The minimum Gasteiger partial charge on any atom is -0.497 e. The van der Waals surface area contributed by atoms with E-state index in [1.807, 2.05) is 22.9 Å². The summed E-state index contributed by atoms with van der Waals surface area (Å²) < 4.78 is 25.6. The van der Waals surface area contributed by atoms with Gasteiger partial charge >= 0.3 is 0 Å². The molecule has 6 nitrogen and oxygen atoms in total. The third kappa shape index (κ3) is 5.51. The van der Waals surface area contributed by atoms with Crippen LogP contribution in [0.15, 0.2) is 59.3 Å². The lowest BCUT2D eigenvalue weighted by atomic mass is 9.93. The summed E-state index contributed by atoms with van der Waals surface area (Å²) in [5.41, 5.74) is 2.05. The van der Waals surface area contributed by atoms with Gasteiger partial charge in [-0.25, -0.2) is 4.39 Å². The second-order valence-corrected chi connectivity index (χ2v) is 8.95. The van der Waals surface area contributed by atoms with Crippen LogP contribution in [0.25, 0.3) is 0 Å². The maximum Gasteiger partial charge on any atom is 0.250 e. The van der Waals surface area contributed by atoms with Crippen LogP contribution in [0.4, 0.5) is 10.1 Å². The first kappa shape index (κ1) is 24.0. The largest absolute Gasteiger partial charge is 0.497 e. The van der Waals surface area contributed by atoms with Crippen molar-refractivity contribution in [3.8, 4) is 11.5 Å². The predicted octanol–water partition coefficient (Wildman–Crippen LogP) is 5.17. The minimum atomic E-state index is -0.656. The molecule has 180 valence electrons. The molecule has 2 atom stereocenters. The van der Waals surface area contributed by atoms with Gasteiger partial charge in [0.2, 0.25) is 5.91 Å². The number of anilines is 1. The number of hydrogen-bond donors (Lipinski definition) is 2. The molecule has 2 N–H and O–H groups in total. The molecule has 0 spiro atoms. The van der Waals surface area contributed by atoms with E-state index in [-0.39, 0.29) is 31.0 Å². The Bertz CT molecular complexity index is 1090. The highest BCUT2D eigenvalue weighted by Gasteiger charge is 2.34. The predicted molar refractivity (Wildman–Crippen MR) is 131 cm³/mol. The Morgan fingerprint density at radius 1 is 1.24 bits per heavy atom. The molecule has 0 aliphatic carbocycles. The molecule has 2 unspecified atom stereocenters. The number of methoxy groups -OCH3 is 1. The zero-order valence-electron chi connectivity index (χ0n) is 19.1. The fraction of sp³-hybridized carbons (Fsp3) is 0.346. The first-order chi connectivity index (χ1) is 16.6. The summed E-state index contributed by atoms with van der Waals surface area (Å²) in [7, 11) is 1.56. The van der Waals surface area contributed by atoms with Crippen LogP contribution in [0, 0.1) is 5.82 Å². The summed E-state index contributed by atoms with van der Waals surface area (Å²) >= 11 is 1.52. The first-order valence-electron chi connectivity index (χ1n) is 11.4. The van der Waals surface area contributed by atoms with E-state index >= 15 is 0 Å². The topological polar surface area (TPSA) is 71.0 Å². The van der Waals surface area contributed by atoms with Crippen molar-refractivity contribution in [3.63, 3.8) is 0 Å². The van der Waals surface area contributed by atoms with Crippen LogP contribution < -0.4 is 14.8 Å². The number of thiophene rings is 1. The molecule has 1 aliphatic heterocycles. The SMILES string of the molecule is COc1cc(NC(C(=O)N2CCCCC2c2ccccc2F)c2ccsc2)cc(OCCO)c1. The lowest BCUT2D eigenvalue weighted by Crippen LogP contribution is -2.43. The number of likely N-dealkylation sites (tertiary alicyclic amines) is 1. The van der Waals surface area contributed by atoms with E-state index in [0.717, 1.165) is 24.8 Å². The number of benzene rings is 2. The Morgan fingerprint density at radius 3 is 2.79 bits per heavy atom. The number of ether oxygens (including phenoxy) is 2. The van der Waals surface area contributed by atoms with Crippen LogP contribution in [-0.2, 0) is 4.79 Å². The highest BCUT2D eigenvalue weighted by molar-refractivity contribution is 7.08. The lowest BCUT2D eigenvalue weighted by molar-refractivity contribution is -0.136. The monoisotopic (exact) mass is 484 g/mol. The van der Waals surface area contributed by atoms with Gasteiger partial charge in [-0.05, 0) is 47.7 Å². The number of aliphatic hydroxyl groups excluding tert-OH is 1. The molecule has 1 amide bonds. The number of rotatable bonds is 9. The van der Waals surface area contributed by atoms with Gasteiger partial charge in [-0.15, -0.1) is 0 Å². The van der Waals surface area contributed by atoms with E-state index in [2.05, 4.69) is 5.32 Å². The fourth-order valence-electron chi connectivity index (χ4n) is 4.34. The molecule has 1 aliphatic rings. The van der Waals surface area contributed by atoms with Gasteiger partial charge in [-0.3, -0.25) is 4.79 Å². The molecular formula is C26H29FN2O4S. The maximum atomic E-state index is 14.7. The van der Waals surface area contributed by atoms with E-state index in [1.54, 1.807) is 42.3 Å². The van der Waals surface area contributed by atoms with Crippen molar-refractivity contribution in [2.45, 2.75) is 31.3 Å². The average molecular weight is 485 g/mol. The van der Waals surface area contributed by atoms with E-state index < -0.39 is 6.04 Å². The van der Waals surface area contributed by atoms with E-state index in [0.29, 0.717) is 29.3 Å². The van der Waals surface area contributed by atoms with E-state index in [1.165, 1.54) is 17.4 Å². The third-order valence-corrected chi connectivity index (χ3v) is 6.66. The summed E-state index contributed by atoms with van der Waals surface area (Å²) in [6, 6.07) is 13.0. The number of amides is 1. The molecule has 0 saturated carbocycles. The van der Waals surface area contributed by atoms with Crippen LogP contribution in [0.5, 0.6) is 11.5 Å². The molecule has 3 aromatic rings. The normalized spacial score (nSPS) is 16.7. The van der Waals surface area contributed by atoms with Crippen LogP contribution in [0.3, 0.4) is 0 Å². The Morgan fingerprint density at radius 2 is 2.06 bits per heavy atom. The highest BCUT2D eigenvalue weighted by atomic mass is 32.1. The number of piperidine rings is 1. The standard InChI is InChI=1S/C26H29FN2O4S/c1-32-20-14-19(15-21(16-20)33-12-11-30)28-25(18-9-13-34-17-18)26(31)29-10-5-4-8-24(29)22-6-2-3-7-23(22)27/h2-3,6-7,9,13-17,24-25,28,30H,4-5,8,10-12H2,1H3. The van der Waals surface area contributed by atoms with Gasteiger partial charge in [-0.2, -0.15) is 11.3 Å². The average Bonchev–Trinajstić information content (AvgIpc) is 3.40. The molecule has 1 fully saturated rings. The van der Waals surface area contributed by atoms with Crippen LogP contribution in [0.1, 0.15) is 42.5 Å². The van der Waals surface area contributed by atoms with Crippen molar-refractivity contribution < 1.29 is 23.8 Å². The molecular weight excluding hydrogens is 455 g/mol. The first-order valence-corrected chi connectivity index (χ1v) is 12.3. The van der Waals surface area contributed by atoms with Crippen molar-refractivity contribution in [1.82, 2.24) is 4.90 Å². The second kappa shape index (κ2) is 11.4. The van der Waals surface area contributed by atoms with Gasteiger partial charge in [0.1, 0.15) is 30.0 Å². The number of carbonyl (C=O) groups excluding carboxylic acids is 1. The molecule has 8 heteroatoms. The van der Waals surface area contributed by atoms with E-state index in [9.17, 15) is 9.18 Å². The molecule has 0 bridgehead atoms. The second-order valence-electron chi connectivity index (χ2n) is 8.17. The van der Waals surface area contributed by atoms with Gasteiger partial charge in [0, 0.05) is 36.0 Å². The Hall–Kier alpha value is -3.10. The zero-order chi connectivity index (χ0) is 23.9. The molecule has 2 aromatic carbocycles. The number of carbonyl (C=O) groups is 1. The number of halogens is 1. The Kier molecular flexibility index (Phi) is 8.03. The molecule has 2 heterocycles. The molecule has 4 rings (SSSR count). The zero-order valence-corrected chi connectivity index (χ0v) is 19.9. The Balaban J connectivity index is 1.65. The van der Waals surface area contributed by atoms with Gasteiger partial charge in [0.15, 0.2) is 0 Å². The van der Waals surface area contributed by atoms with Crippen molar-refractivity contribution in [2.75, 3.05) is 32.2 Å². The quantitative estimate of drug-likeness (QED) is 0.438. The van der Waals surface area contributed by atoms with Crippen molar-refractivity contribution in [2.24, 2.45) is 0 Å². The summed E-state index contributed by atoms with van der Waals surface area (Å²) in [5, 5.41) is 16.3. The lowest BCUT2D eigenvalue weighted by Gasteiger charge is -2.38. The van der Waals surface area contributed by atoms with Crippen LogP contribution in [0.2, 0.25) is 0 Å². The number of nitrogens with zero attached hydrogens (tertiary/aromatic N) is 1. The fourth-order valence-corrected chi connectivity index (χ4v) is 5.03. The van der Waals surface area contributed by atoms with Gasteiger partial charge < -0.3 is 24.8 Å². The summed E-state index contributed by atoms with van der Waals surface area (Å²) in [5.74, 6) is 0.698. The number of nitrogens with one attached hydrogen (secondary N) is 1. The molecule has 34 heavy (non-hydrogen) atoms. The third-order valence-electron chi connectivity index (χ3n) is 5.96. The highest BCUT2D eigenvalue weighted by Crippen LogP contribution is 2.36. The molecule has 1 saturated heterocycles. The summed E-state index contributed by atoms with van der Waals surface area (Å²) in [4.78, 5) is 15.8. The van der Waals surface area contributed by atoms with Gasteiger partial charge in [0.25, 0.3) is 0 Å². The van der Waals surface area contributed by atoms with Crippen LogP contribution >= 0.6 is 11.3 Å². The van der Waals surface area contributed by atoms with Crippen molar-refractivity contribution in [3.05, 3.63) is 76.2 Å².